The molecule has 2 aromatic rings. The molecule has 5 heteroatoms. The monoisotopic (exact) mass is 330 g/mol. The third-order valence-corrected chi connectivity index (χ3v) is 3.69. The van der Waals surface area contributed by atoms with Crippen molar-refractivity contribution in [2.75, 3.05) is 0 Å². The van der Waals surface area contributed by atoms with Crippen molar-refractivity contribution in [2.45, 2.75) is 32.8 Å². The normalized spacial score (nSPS) is 17.5. The zero-order chi connectivity index (χ0) is 17.9. The number of carbonyl (C=O) groups is 1. The molecule has 2 atom stereocenters. The van der Waals surface area contributed by atoms with E-state index in [0.717, 1.165) is 23.3 Å². The number of hydrogen-bond acceptors (Lipinski definition) is 4. The molecule has 1 fully saturated rings. The SMILES string of the molecule is CC.NC(=O)C1CC1c1cccc(OCc2ccccc2)c1.NO. The molecular formula is C19H26N2O3. The van der Waals surface area contributed by atoms with Crippen molar-refractivity contribution < 1.29 is 14.7 Å². The van der Waals surface area contributed by atoms with Gasteiger partial charge in [-0.2, -0.15) is 0 Å². The lowest BCUT2D eigenvalue weighted by Gasteiger charge is -2.08. The number of hydrogen-bond donors (Lipinski definition) is 3. The quantitative estimate of drug-likeness (QED) is 0.733. The van der Waals surface area contributed by atoms with Gasteiger partial charge in [0.05, 0.1) is 0 Å². The Morgan fingerprint density at radius 1 is 1.12 bits per heavy atom. The Labute approximate surface area is 143 Å². The van der Waals surface area contributed by atoms with Gasteiger partial charge in [0.25, 0.3) is 0 Å². The van der Waals surface area contributed by atoms with E-state index in [2.05, 4.69) is 5.90 Å². The van der Waals surface area contributed by atoms with Crippen LogP contribution < -0.4 is 16.4 Å². The molecule has 0 aliphatic heterocycles. The number of rotatable bonds is 5. The Morgan fingerprint density at radius 2 is 1.79 bits per heavy atom. The van der Waals surface area contributed by atoms with E-state index < -0.39 is 0 Å². The molecule has 1 aliphatic rings. The average Bonchev–Trinajstić information content (AvgIpc) is 3.46. The van der Waals surface area contributed by atoms with Crippen molar-refractivity contribution in [1.29, 1.82) is 0 Å². The number of primary amides is 1. The van der Waals surface area contributed by atoms with Crippen molar-refractivity contribution in [3.05, 3.63) is 65.7 Å². The summed E-state index contributed by atoms with van der Waals surface area (Å²) >= 11 is 0. The molecule has 0 heterocycles. The fraction of sp³-hybridized carbons (Fsp3) is 0.316. The van der Waals surface area contributed by atoms with Gasteiger partial charge in [-0.1, -0.05) is 56.3 Å². The van der Waals surface area contributed by atoms with Crippen LogP contribution in [0.25, 0.3) is 0 Å². The van der Waals surface area contributed by atoms with E-state index in [1.54, 1.807) is 0 Å². The Bertz CT molecular complexity index is 617. The molecule has 2 unspecified atom stereocenters. The molecular weight excluding hydrogens is 304 g/mol. The van der Waals surface area contributed by atoms with E-state index >= 15 is 0 Å². The van der Waals surface area contributed by atoms with E-state index in [4.69, 9.17) is 15.7 Å². The summed E-state index contributed by atoms with van der Waals surface area (Å²) in [5, 5.41) is 6.50. The summed E-state index contributed by atoms with van der Waals surface area (Å²) in [5.74, 6) is 4.40. The Morgan fingerprint density at radius 3 is 2.38 bits per heavy atom. The van der Waals surface area contributed by atoms with Crippen LogP contribution in [0.15, 0.2) is 54.6 Å². The number of ether oxygens (including phenoxy) is 1. The lowest BCUT2D eigenvalue weighted by molar-refractivity contribution is -0.119. The second-order valence-electron chi connectivity index (χ2n) is 5.20. The van der Waals surface area contributed by atoms with Crippen molar-refractivity contribution in [2.24, 2.45) is 17.5 Å². The molecule has 1 saturated carbocycles. The van der Waals surface area contributed by atoms with Crippen LogP contribution in [-0.4, -0.2) is 11.1 Å². The van der Waals surface area contributed by atoms with Crippen molar-refractivity contribution in [3.8, 4) is 5.75 Å². The first-order valence-electron chi connectivity index (χ1n) is 8.06. The number of amides is 1. The Kier molecular flexibility index (Phi) is 8.54. The highest BCUT2D eigenvalue weighted by Crippen LogP contribution is 2.47. The van der Waals surface area contributed by atoms with Crippen molar-refractivity contribution in [1.82, 2.24) is 0 Å². The third kappa shape index (κ3) is 5.68. The van der Waals surface area contributed by atoms with E-state index in [-0.39, 0.29) is 17.7 Å². The van der Waals surface area contributed by atoms with Crippen molar-refractivity contribution in [3.63, 3.8) is 0 Å². The van der Waals surface area contributed by atoms with E-state index in [1.807, 2.05) is 68.4 Å². The highest BCUT2D eigenvalue weighted by atomic mass is 16.5. The van der Waals surface area contributed by atoms with Gasteiger partial charge in [0, 0.05) is 5.92 Å². The zero-order valence-electron chi connectivity index (χ0n) is 14.2. The zero-order valence-corrected chi connectivity index (χ0v) is 14.2. The van der Waals surface area contributed by atoms with Gasteiger partial charge in [-0.05, 0) is 35.6 Å². The Balaban J connectivity index is 0.000000671. The van der Waals surface area contributed by atoms with Crippen LogP contribution in [0.2, 0.25) is 0 Å². The number of carbonyl (C=O) groups excluding carboxylic acids is 1. The summed E-state index contributed by atoms with van der Waals surface area (Å²) in [6.07, 6.45) is 0.859. The van der Waals surface area contributed by atoms with Gasteiger partial charge >= 0.3 is 0 Å². The van der Waals surface area contributed by atoms with E-state index in [0.29, 0.717) is 6.61 Å². The molecule has 5 N–H and O–H groups in total. The van der Waals surface area contributed by atoms with Gasteiger partial charge in [-0.15, -0.1) is 0 Å². The summed E-state index contributed by atoms with van der Waals surface area (Å²) in [4.78, 5) is 11.1. The molecule has 1 amide bonds. The number of nitrogens with two attached hydrogens (primary N) is 2. The molecule has 0 aromatic heterocycles. The summed E-state index contributed by atoms with van der Waals surface area (Å²) in [6, 6.07) is 18.0. The standard InChI is InChI=1S/C17H17NO2.C2H6.H3NO/c18-17(19)16-10-15(16)13-7-4-8-14(9-13)20-11-12-5-2-1-3-6-12;2*1-2/h1-9,15-16H,10-11H2,(H2,18,19);1-2H3;2H,1H2. The molecule has 24 heavy (non-hydrogen) atoms. The fourth-order valence-corrected chi connectivity index (χ4v) is 2.45. The molecule has 0 bridgehead atoms. The molecule has 130 valence electrons. The lowest BCUT2D eigenvalue weighted by Crippen LogP contribution is -2.13. The van der Waals surface area contributed by atoms with E-state index in [1.165, 1.54) is 0 Å². The maximum absolute atomic E-state index is 11.1. The molecule has 2 aromatic carbocycles. The molecule has 0 saturated heterocycles. The van der Waals surface area contributed by atoms with Gasteiger partial charge in [-0.25, -0.2) is 5.90 Å². The fourth-order valence-electron chi connectivity index (χ4n) is 2.45. The summed E-state index contributed by atoms with van der Waals surface area (Å²) in [6.45, 7) is 4.55. The van der Waals surface area contributed by atoms with E-state index in [9.17, 15) is 4.79 Å². The van der Waals surface area contributed by atoms with Crippen LogP contribution in [0.5, 0.6) is 5.75 Å². The van der Waals surface area contributed by atoms with Gasteiger partial charge in [0.15, 0.2) is 0 Å². The first-order valence-corrected chi connectivity index (χ1v) is 8.06. The second-order valence-corrected chi connectivity index (χ2v) is 5.20. The highest BCUT2D eigenvalue weighted by Gasteiger charge is 2.42. The summed E-state index contributed by atoms with van der Waals surface area (Å²) in [7, 11) is 0. The minimum absolute atomic E-state index is 0.000580. The minimum atomic E-state index is -0.203. The van der Waals surface area contributed by atoms with Crippen LogP contribution >= 0.6 is 0 Å². The molecule has 3 rings (SSSR count). The predicted octanol–water partition coefficient (Wildman–Crippen LogP) is 3.21. The van der Waals surface area contributed by atoms with Gasteiger partial charge in [0.2, 0.25) is 5.91 Å². The van der Waals surface area contributed by atoms with Crippen LogP contribution in [-0.2, 0) is 11.4 Å². The van der Waals surface area contributed by atoms with Gasteiger partial charge in [-0.3, -0.25) is 4.79 Å². The van der Waals surface area contributed by atoms with Crippen LogP contribution in [0.4, 0.5) is 0 Å². The van der Waals surface area contributed by atoms with Gasteiger partial charge in [0.1, 0.15) is 12.4 Å². The van der Waals surface area contributed by atoms with Crippen molar-refractivity contribution >= 4 is 5.91 Å². The molecule has 1 aliphatic carbocycles. The Hall–Kier alpha value is -2.37. The second kappa shape index (κ2) is 10.4. The van der Waals surface area contributed by atoms with Gasteiger partial charge < -0.3 is 15.7 Å². The third-order valence-electron chi connectivity index (χ3n) is 3.69. The maximum atomic E-state index is 11.1. The first-order chi connectivity index (χ1) is 11.7. The molecule has 5 nitrogen and oxygen atoms in total. The minimum Gasteiger partial charge on any atom is -0.489 e. The largest absolute Gasteiger partial charge is 0.489 e. The topological polar surface area (TPSA) is 98.6 Å². The highest BCUT2D eigenvalue weighted by molar-refractivity contribution is 5.81. The average molecular weight is 330 g/mol. The summed E-state index contributed by atoms with van der Waals surface area (Å²) < 4.78 is 5.79. The first kappa shape index (κ1) is 19.7. The number of benzene rings is 2. The smallest absolute Gasteiger partial charge is 0.221 e. The lowest BCUT2D eigenvalue weighted by atomic mass is 10.1. The van der Waals surface area contributed by atoms with Crippen LogP contribution in [0.3, 0.4) is 0 Å². The van der Waals surface area contributed by atoms with Crippen LogP contribution in [0, 0.1) is 5.92 Å². The molecule has 0 spiro atoms. The predicted molar refractivity (Wildman–Crippen MR) is 94.6 cm³/mol. The molecule has 0 radical (unpaired) electrons. The maximum Gasteiger partial charge on any atom is 0.221 e. The van der Waals surface area contributed by atoms with Crippen LogP contribution in [0.1, 0.15) is 37.3 Å². The summed E-state index contributed by atoms with van der Waals surface area (Å²) in [5.41, 5.74) is 7.60.